The van der Waals surface area contributed by atoms with Crippen LogP contribution in [0.5, 0.6) is 0 Å². The molecule has 1 aromatic carbocycles. The van der Waals surface area contributed by atoms with E-state index in [9.17, 15) is 10.2 Å². The van der Waals surface area contributed by atoms with E-state index in [1.54, 1.807) is 12.1 Å². The van der Waals surface area contributed by atoms with E-state index in [4.69, 9.17) is 45.3 Å². The molecule has 0 spiro atoms. The first-order chi connectivity index (χ1) is 9.93. The number of ether oxygens (including phenoxy) is 1. The lowest BCUT2D eigenvalue weighted by atomic mass is 10.1. The fraction of sp³-hybridized carbons (Fsp3) is 0.417. The minimum Gasteiger partial charge on any atom is -0.394 e. The number of rotatable bonds is 2. The Labute approximate surface area is 134 Å². The van der Waals surface area contributed by atoms with E-state index in [2.05, 4.69) is 4.98 Å². The Morgan fingerprint density at radius 1 is 1.29 bits per heavy atom. The maximum Gasteiger partial charge on any atom is 0.180 e. The average molecular weight is 351 g/mol. The predicted octanol–water partition coefficient (Wildman–Crippen LogP) is 1.62. The number of halogens is 2. The number of imidazole rings is 1. The largest absolute Gasteiger partial charge is 0.394 e. The highest BCUT2D eigenvalue weighted by Gasteiger charge is 2.44. The monoisotopic (exact) mass is 350 g/mol. The van der Waals surface area contributed by atoms with Crippen molar-refractivity contribution in [1.29, 1.82) is 0 Å². The highest BCUT2D eigenvalue weighted by atomic mass is 35.5. The number of aromatic amines is 1. The number of aromatic nitrogens is 2. The van der Waals surface area contributed by atoms with Crippen LogP contribution < -0.4 is 0 Å². The molecule has 1 aliphatic heterocycles. The first kappa shape index (κ1) is 15.2. The Hall–Kier alpha value is -0.670. The number of benzene rings is 1. The SMILES string of the molecule is OC[C@H]1OC(n2c(=S)[nH]c3c(Cl)cc(Cl)cc32)[C@H](O)[C@@H]1O. The molecule has 9 heteroatoms. The summed E-state index contributed by atoms with van der Waals surface area (Å²) in [5.41, 5.74) is 1.11. The molecule has 4 N–H and O–H groups in total. The van der Waals surface area contributed by atoms with Gasteiger partial charge in [0.1, 0.15) is 18.3 Å². The average Bonchev–Trinajstić information content (AvgIpc) is 2.89. The lowest BCUT2D eigenvalue weighted by molar-refractivity contribution is -0.0514. The highest BCUT2D eigenvalue weighted by molar-refractivity contribution is 7.71. The number of nitrogens with one attached hydrogen (secondary N) is 1. The van der Waals surface area contributed by atoms with E-state index in [-0.39, 0.29) is 4.77 Å². The van der Waals surface area contributed by atoms with Crippen LogP contribution in [0, 0.1) is 4.77 Å². The molecule has 1 saturated heterocycles. The topological polar surface area (TPSA) is 90.6 Å². The second-order valence-corrected chi connectivity index (χ2v) is 6.04. The predicted molar refractivity (Wildman–Crippen MR) is 80.2 cm³/mol. The molecule has 4 atom stereocenters. The number of H-pyrrole nitrogens is 1. The van der Waals surface area contributed by atoms with Gasteiger partial charge in [-0.15, -0.1) is 0 Å². The molecular weight excluding hydrogens is 339 g/mol. The van der Waals surface area contributed by atoms with Gasteiger partial charge in [0.05, 0.1) is 22.7 Å². The van der Waals surface area contributed by atoms with Crippen molar-refractivity contribution < 1.29 is 20.1 Å². The molecule has 6 nitrogen and oxygen atoms in total. The van der Waals surface area contributed by atoms with Gasteiger partial charge in [-0.1, -0.05) is 23.2 Å². The van der Waals surface area contributed by atoms with Gasteiger partial charge in [-0.2, -0.15) is 0 Å². The van der Waals surface area contributed by atoms with Crippen molar-refractivity contribution in [3.8, 4) is 0 Å². The molecule has 1 aliphatic rings. The summed E-state index contributed by atoms with van der Waals surface area (Å²) in [6, 6.07) is 3.20. The normalized spacial score (nSPS) is 29.4. The number of aliphatic hydroxyl groups is 3. The molecule has 0 saturated carbocycles. The van der Waals surface area contributed by atoms with Crippen LogP contribution in [-0.4, -0.2) is 49.8 Å². The van der Waals surface area contributed by atoms with Crippen LogP contribution in [0.1, 0.15) is 6.23 Å². The van der Waals surface area contributed by atoms with Crippen molar-refractivity contribution in [2.75, 3.05) is 6.61 Å². The Morgan fingerprint density at radius 2 is 2.00 bits per heavy atom. The van der Waals surface area contributed by atoms with Gasteiger partial charge in [-0.3, -0.25) is 4.57 Å². The smallest absolute Gasteiger partial charge is 0.180 e. The first-order valence-corrected chi connectivity index (χ1v) is 7.32. The van der Waals surface area contributed by atoms with Crippen molar-refractivity contribution in [2.45, 2.75) is 24.5 Å². The quantitative estimate of drug-likeness (QED) is 0.618. The number of fused-ring (bicyclic) bond motifs is 1. The Morgan fingerprint density at radius 3 is 2.62 bits per heavy atom. The summed E-state index contributed by atoms with van der Waals surface area (Å²) in [5.74, 6) is 0. The molecule has 0 amide bonds. The van der Waals surface area contributed by atoms with E-state index >= 15 is 0 Å². The van der Waals surface area contributed by atoms with Gasteiger partial charge in [0.15, 0.2) is 11.0 Å². The molecular formula is C12H12Cl2N2O4S. The first-order valence-electron chi connectivity index (χ1n) is 6.15. The minimum absolute atomic E-state index is 0.268. The zero-order valence-corrected chi connectivity index (χ0v) is 12.9. The van der Waals surface area contributed by atoms with Crippen LogP contribution in [0.2, 0.25) is 10.0 Å². The van der Waals surface area contributed by atoms with E-state index in [1.807, 2.05) is 0 Å². The Balaban J connectivity index is 2.17. The maximum absolute atomic E-state index is 10.1. The van der Waals surface area contributed by atoms with Crippen LogP contribution in [0.15, 0.2) is 12.1 Å². The number of hydrogen-bond donors (Lipinski definition) is 4. The van der Waals surface area contributed by atoms with Crippen molar-refractivity contribution in [2.24, 2.45) is 0 Å². The zero-order chi connectivity index (χ0) is 15.3. The maximum atomic E-state index is 10.1. The van der Waals surface area contributed by atoms with Crippen molar-refractivity contribution in [3.05, 3.63) is 26.9 Å². The second-order valence-electron chi connectivity index (χ2n) is 4.81. The van der Waals surface area contributed by atoms with Gasteiger partial charge in [0.25, 0.3) is 0 Å². The van der Waals surface area contributed by atoms with E-state index in [0.29, 0.717) is 21.1 Å². The van der Waals surface area contributed by atoms with Gasteiger partial charge in [0, 0.05) is 5.02 Å². The Bertz CT molecular complexity index is 747. The molecule has 0 aliphatic carbocycles. The molecule has 21 heavy (non-hydrogen) atoms. The summed E-state index contributed by atoms with van der Waals surface area (Å²) < 4.78 is 7.25. The molecule has 1 aromatic heterocycles. The molecule has 0 radical (unpaired) electrons. The highest BCUT2D eigenvalue weighted by Crippen LogP contribution is 2.35. The number of nitrogens with zero attached hydrogens (tertiary/aromatic N) is 1. The lowest BCUT2D eigenvalue weighted by Crippen LogP contribution is -2.33. The molecule has 1 fully saturated rings. The van der Waals surface area contributed by atoms with Crippen LogP contribution in [0.25, 0.3) is 11.0 Å². The van der Waals surface area contributed by atoms with Gasteiger partial charge in [0.2, 0.25) is 0 Å². The summed E-state index contributed by atoms with van der Waals surface area (Å²) in [4.78, 5) is 2.92. The summed E-state index contributed by atoms with van der Waals surface area (Å²) in [5, 5.41) is 29.9. The fourth-order valence-corrected chi connectivity index (χ4v) is 3.33. The van der Waals surface area contributed by atoms with E-state index in [0.717, 1.165) is 0 Å². The van der Waals surface area contributed by atoms with E-state index in [1.165, 1.54) is 4.57 Å². The third kappa shape index (κ3) is 2.39. The van der Waals surface area contributed by atoms with Gasteiger partial charge in [-0.25, -0.2) is 0 Å². The van der Waals surface area contributed by atoms with Crippen LogP contribution in [0.3, 0.4) is 0 Å². The third-order valence-corrected chi connectivity index (χ3v) is 4.33. The molecule has 2 heterocycles. The second kappa shape index (κ2) is 5.51. The summed E-state index contributed by atoms with van der Waals surface area (Å²) in [7, 11) is 0. The van der Waals surface area contributed by atoms with Crippen molar-refractivity contribution >= 4 is 46.5 Å². The fourth-order valence-electron chi connectivity index (χ4n) is 2.50. The zero-order valence-electron chi connectivity index (χ0n) is 10.5. The molecule has 0 bridgehead atoms. The van der Waals surface area contributed by atoms with Crippen LogP contribution in [0.4, 0.5) is 0 Å². The molecule has 2 aromatic rings. The lowest BCUT2D eigenvalue weighted by Gasteiger charge is -2.17. The third-order valence-electron chi connectivity index (χ3n) is 3.52. The van der Waals surface area contributed by atoms with Crippen LogP contribution in [-0.2, 0) is 4.74 Å². The molecule has 3 rings (SSSR count). The summed E-state index contributed by atoms with van der Waals surface area (Å²) >= 11 is 17.3. The number of hydrogen-bond acceptors (Lipinski definition) is 5. The summed E-state index contributed by atoms with van der Waals surface area (Å²) in [6.07, 6.45) is -4.26. The van der Waals surface area contributed by atoms with Crippen molar-refractivity contribution in [3.63, 3.8) is 0 Å². The van der Waals surface area contributed by atoms with Gasteiger partial charge >= 0.3 is 0 Å². The minimum atomic E-state index is -1.23. The number of aliphatic hydroxyl groups excluding tert-OH is 3. The van der Waals surface area contributed by atoms with Gasteiger partial charge in [-0.05, 0) is 24.4 Å². The molecule has 114 valence electrons. The van der Waals surface area contributed by atoms with Crippen molar-refractivity contribution in [1.82, 2.24) is 9.55 Å². The van der Waals surface area contributed by atoms with E-state index < -0.39 is 31.1 Å². The molecule has 1 unspecified atom stereocenters. The standard InChI is InChI=1S/C12H12Cl2N2O4S/c13-4-1-5(14)8-6(2-4)16(12(21)15-8)11-10(19)9(18)7(3-17)20-11/h1-2,7,9-11,17-19H,3H2,(H,15,21)/t7-,9-,10-,11?/m1/s1. The van der Waals surface area contributed by atoms with Crippen LogP contribution >= 0.6 is 35.4 Å². The van der Waals surface area contributed by atoms with Gasteiger partial charge < -0.3 is 25.0 Å². The summed E-state index contributed by atoms with van der Waals surface area (Å²) in [6.45, 7) is -0.411. The Kier molecular flexibility index (Phi) is 4.00.